The monoisotopic (exact) mass is 361 g/mol. The summed E-state index contributed by atoms with van der Waals surface area (Å²) in [5.74, 6) is 0.741. The Morgan fingerprint density at radius 2 is 2.00 bits per heavy atom. The van der Waals surface area contributed by atoms with Crippen molar-refractivity contribution in [2.75, 3.05) is 51.8 Å². The Hall–Kier alpha value is -2.12. The van der Waals surface area contributed by atoms with Crippen molar-refractivity contribution in [2.45, 2.75) is 25.4 Å². The fourth-order valence-electron chi connectivity index (χ4n) is 3.39. The molecule has 1 aromatic rings. The van der Waals surface area contributed by atoms with Gasteiger partial charge >= 0.3 is 0 Å². The summed E-state index contributed by atoms with van der Waals surface area (Å²) in [5, 5.41) is 2.89. The topological polar surface area (TPSA) is 71.1 Å². The highest BCUT2D eigenvalue weighted by Crippen LogP contribution is 2.23. The summed E-state index contributed by atoms with van der Waals surface area (Å²) in [4.78, 5) is 28.7. The van der Waals surface area contributed by atoms with Crippen molar-refractivity contribution in [3.63, 3.8) is 0 Å². The summed E-state index contributed by atoms with van der Waals surface area (Å²) >= 11 is 0. The number of hydrogen-bond donors (Lipinski definition) is 1. The van der Waals surface area contributed by atoms with Crippen LogP contribution < -0.4 is 10.1 Å². The van der Waals surface area contributed by atoms with E-state index in [1.54, 1.807) is 7.11 Å². The summed E-state index contributed by atoms with van der Waals surface area (Å²) in [5.41, 5.74) is 0.687. The third-order valence-electron chi connectivity index (χ3n) is 4.93. The second kappa shape index (κ2) is 9.00. The van der Waals surface area contributed by atoms with Gasteiger partial charge in [-0.1, -0.05) is 12.1 Å². The molecule has 1 atom stereocenters. The first-order valence-electron chi connectivity index (χ1n) is 9.23. The van der Waals surface area contributed by atoms with Crippen molar-refractivity contribution < 1.29 is 19.1 Å². The first-order chi connectivity index (χ1) is 12.7. The average Bonchev–Trinajstić information content (AvgIpc) is 3.21. The number of ether oxygens (including phenoxy) is 2. The number of hydrogen-bond acceptors (Lipinski definition) is 5. The van der Waals surface area contributed by atoms with Crippen LogP contribution in [0, 0.1) is 0 Å². The standard InChI is InChI=1S/C19H27N3O4/c1-25-16-6-3-2-5-15(16)20-18(23)8-9-21-10-12-22(13-11-21)19(24)17-7-4-14-26-17/h2-3,5-6,17H,4,7-14H2,1H3,(H,20,23). The van der Waals surface area contributed by atoms with Gasteiger partial charge in [0.15, 0.2) is 0 Å². The molecule has 1 unspecified atom stereocenters. The Labute approximate surface area is 154 Å². The van der Waals surface area contributed by atoms with Crippen molar-refractivity contribution >= 4 is 17.5 Å². The lowest BCUT2D eigenvalue weighted by atomic mass is 10.2. The maximum Gasteiger partial charge on any atom is 0.251 e. The summed E-state index contributed by atoms with van der Waals surface area (Å²) < 4.78 is 10.7. The van der Waals surface area contributed by atoms with Gasteiger partial charge in [-0.05, 0) is 25.0 Å². The lowest BCUT2D eigenvalue weighted by molar-refractivity contribution is -0.142. The molecule has 2 aliphatic rings. The molecule has 3 rings (SSSR count). The first kappa shape index (κ1) is 18.7. The molecule has 1 aromatic carbocycles. The van der Waals surface area contributed by atoms with Crippen LogP contribution in [0.2, 0.25) is 0 Å². The van der Waals surface area contributed by atoms with E-state index < -0.39 is 0 Å². The summed E-state index contributed by atoms with van der Waals surface area (Å²) in [7, 11) is 1.59. The fraction of sp³-hybridized carbons (Fsp3) is 0.579. The van der Waals surface area contributed by atoms with E-state index in [-0.39, 0.29) is 17.9 Å². The largest absolute Gasteiger partial charge is 0.495 e. The van der Waals surface area contributed by atoms with E-state index in [1.807, 2.05) is 29.2 Å². The normalized spacial score (nSPS) is 20.8. The van der Waals surface area contributed by atoms with E-state index in [1.165, 1.54) is 0 Å². The second-order valence-electron chi connectivity index (χ2n) is 6.67. The quantitative estimate of drug-likeness (QED) is 0.828. The predicted octanol–water partition coefficient (Wildman–Crippen LogP) is 1.35. The summed E-state index contributed by atoms with van der Waals surface area (Å²) in [6, 6.07) is 7.38. The number of nitrogens with one attached hydrogen (secondary N) is 1. The maximum atomic E-state index is 12.3. The van der Waals surface area contributed by atoms with Crippen LogP contribution in [0.25, 0.3) is 0 Å². The number of rotatable bonds is 6. The first-order valence-corrected chi connectivity index (χ1v) is 9.23. The Morgan fingerprint density at radius 3 is 2.69 bits per heavy atom. The highest BCUT2D eigenvalue weighted by atomic mass is 16.5. The Bertz CT molecular complexity index is 623. The van der Waals surface area contributed by atoms with Crippen molar-refractivity contribution in [3.8, 4) is 5.75 Å². The zero-order valence-electron chi connectivity index (χ0n) is 15.3. The summed E-state index contributed by atoms with van der Waals surface area (Å²) in [6.07, 6.45) is 1.98. The lowest BCUT2D eigenvalue weighted by Gasteiger charge is -2.35. The third kappa shape index (κ3) is 4.74. The van der Waals surface area contributed by atoms with Crippen LogP contribution in [-0.4, -0.2) is 74.2 Å². The molecule has 0 aromatic heterocycles. The molecule has 2 amide bonds. The van der Waals surface area contributed by atoms with Gasteiger partial charge in [0.1, 0.15) is 11.9 Å². The van der Waals surface area contributed by atoms with Gasteiger partial charge in [-0.3, -0.25) is 14.5 Å². The number of piperazine rings is 1. The minimum Gasteiger partial charge on any atom is -0.495 e. The number of para-hydroxylation sites is 2. The highest BCUT2D eigenvalue weighted by molar-refractivity contribution is 5.92. The van der Waals surface area contributed by atoms with E-state index in [4.69, 9.17) is 9.47 Å². The smallest absolute Gasteiger partial charge is 0.251 e. The zero-order valence-corrected chi connectivity index (χ0v) is 15.3. The van der Waals surface area contributed by atoms with E-state index >= 15 is 0 Å². The van der Waals surface area contributed by atoms with Crippen molar-refractivity contribution in [1.82, 2.24) is 9.80 Å². The van der Waals surface area contributed by atoms with Crippen LogP contribution in [-0.2, 0) is 14.3 Å². The lowest BCUT2D eigenvalue weighted by Crippen LogP contribution is -2.51. The SMILES string of the molecule is COc1ccccc1NC(=O)CCN1CCN(C(=O)C2CCCO2)CC1. The Morgan fingerprint density at radius 1 is 1.23 bits per heavy atom. The van der Waals surface area contributed by atoms with E-state index in [0.29, 0.717) is 44.1 Å². The van der Waals surface area contributed by atoms with E-state index in [2.05, 4.69) is 10.2 Å². The minimum atomic E-state index is -0.242. The number of benzene rings is 1. The van der Waals surface area contributed by atoms with Gasteiger partial charge in [0.05, 0.1) is 12.8 Å². The number of methoxy groups -OCH3 is 1. The van der Waals surface area contributed by atoms with Crippen LogP contribution in [0.15, 0.2) is 24.3 Å². The molecule has 7 nitrogen and oxygen atoms in total. The van der Waals surface area contributed by atoms with E-state index in [0.717, 1.165) is 25.9 Å². The second-order valence-corrected chi connectivity index (χ2v) is 6.67. The number of amides is 2. The summed E-state index contributed by atoms with van der Waals surface area (Å²) in [6.45, 7) is 4.36. The fourth-order valence-corrected chi connectivity index (χ4v) is 3.39. The molecule has 2 fully saturated rings. The van der Waals surface area contributed by atoms with Gasteiger partial charge in [-0.25, -0.2) is 0 Å². The molecule has 0 radical (unpaired) electrons. The molecular formula is C19H27N3O4. The molecular weight excluding hydrogens is 334 g/mol. The number of carbonyl (C=O) groups excluding carboxylic acids is 2. The van der Waals surface area contributed by atoms with Crippen LogP contribution in [0.1, 0.15) is 19.3 Å². The zero-order chi connectivity index (χ0) is 18.4. The van der Waals surface area contributed by atoms with Gasteiger partial charge < -0.3 is 19.7 Å². The van der Waals surface area contributed by atoms with Crippen molar-refractivity contribution in [3.05, 3.63) is 24.3 Å². The molecule has 0 bridgehead atoms. The van der Waals surface area contributed by atoms with Gasteiger partial charge in [-0.15, -0.1) is 0 Å². The van der Waals surface area contributed by atoms with Crippen LogP contribution in [0.5, 0.6) is 5.75 Å². The van der Waals surface area contributed by atoms with Gasteiger partial charge in [0.2, 0.25) is 5.91 Å². The molecule has 0 spiro atoms. The molecule has 26 heavy (non-hydrogen) atoms. The molecule has 7 heteroatoms. The van der Waals surface area contributed by atoms with Gasteiger partial charge in [0, 0.05) is 45.8 Å². The minimum absolute atomic E-state index is 0.0349. The van der Waals surface area contributed by atoms with Crippen molar-refractivity contribution in [2.24, 2.45) is 0 Å². The highest BCUT2D eigenvalue weighted by Gasteiger charge is 2.30. The molecule has 2 heterocycles. The van der Waals surface area contributed by atoms with Crippen LogP contribution in [0.4, 0.5) is 5.69 Å². The van der Waals surface area contributed by atoms with Crippen LogP contribution >= 0.6 is 0 Å². The third-order valence-corrected chi connectivity index (χ3v) is 4.93. The average molecular weight is 361 g/mol. The molecule has 0 aliphatic carbocycles. The predicted molar refractivity (Wildman–Crippen MR) is 98.2 cm³/mol. The van der Waals surface area contributed by atoms with Gasteiger partial charge in [0.25, 0.3) is 5.91 Å². The molecule has 1 N–H and O–H groups in total. The number of nitrogens with zero attached hydrogens (tertiary/aromatic N) is 2. The molecule has 0 saturated carbocycles. The molecule has 142 valence electrons. The molecule has 2 aliphatic heterocycles. The maximum absolute atomic E-state index is 12.3. The Balaban J connectivity index is 1.39. The van der Waals surface area contributed by atoms with Gasteiger partial charge in [-0.2, -0.15) is 0 Å². The Kier molecular flexibility index (Phi) is 6.46. The number of carbonyl (C=O) groups is 2. The van der Waals surface area contributed by atoms with E-state index in [9.17, 15) is 9.59 Å². The van der Waals surface area contributed by atoms with Crippen molar-refractivity contribution in [1.29, 1.82) is 0 Å². The molecule has 2 saturated heterocycles. The number of anilines is 1. The van der Waals surface area contributed by atoms with Crippen LogP contribution in [0.3, 0.4) is 0 Å².